The Labute approximate surface area is 254 Å². The summed E-state index contributed by atoms with van der Waals surface area (Å²) in [4.78, 5) is 35.5. The Bertz CT molecular complexity index is 1830. The van der Waals surface area contributed by atoms with Gasteiger partial charge in [0.05, 0.1) is 27.8 Å². The molecule has 0 saturated heterocycles. The van der Waals surface area contributed by atoms with E-state index in [1.807, 2.05) is 103 Å². The van der Waals surface area contributed by atoms with Gasteiger partial charge in [0.15, 0.2) is 0 Å². The van der Waals surface area contributed by atoms with Crippen molar-refractivity contribution in [2.24, 2.45) is 0 Å². The molecule has 6 rings (SSSR count). The van der Waals surface area contributed by atoms with Gasteiger partial charge < -0.3 is 14.6 Å². The molecule has 1 atom stereocenters. The Balaban J connectivity index is 1.37. The van der Waals surface area contributed by atoms with E-state index in [1.165, 1.54) is 11.3 Å². The number of aromatic nitrogens is 1. The molecule has 0 bridgehead atoms. The molecule has 0 radical (unpaired) electrons. The maximum Gasteiger partial charge on any atom is 0.274 e. The Morgan fingerprint density at radius 1 is 0.837 bits per heavy atom. The van der Waals surface area contributed by atoms with Gasteiger partial charge in [0.25, 0.3) is 11.8 Å². The number of aryl methyl sites for hydroxylation is 1. The van der Waals surface area contributed by atoms with E-state index >= 15 is 0 Å². The van der Waals surface area contributed by atoms with Gasteiger partial charge in [-0.25, -0.2) is 4.98 Å². The first-order valence-electron chi connectivity index (χ1n) is 14.2. The van der Waals surface area contributed by atoms with Gasteiger partial charge in [-0.1, -0.05) is 97.1 Å². The summed E-state index contributed by atoms with van der Waals surface area (Å²) in [6.07, 6.45) is 2.14. The highest BCUT2D eigenvalue weighted by Crippen LogP contribution is 2.32. The monoisotopic (exact) mass is 585 g/mol. The van der Waals surface area contributed by atoms with Crippen molar-refractivity contribution in [3.05, 3.63) is 149 Å². The molecule has 0 unspecified atom stereocenters. The van der Waals surface area contributed by atoms with Gasteiger partial charge in [-0.15, -0.1) is 11.3 Å². The zero-order chi connectivity index (χ0) is 29.6. The van der Waals surface area contributed by atoms with Gasteiger partial charge in [-0.05, 0) is 48.2 Å². The molecule has 7 heteroatoms. The minimum atomic E-state index is -0.353. The highest BCUT2D eigenvalue weighted by atomic mass is 32.1. The van der Waals surface area contributed by atoms with Gasteiger partial charge in [-0.3, -0.25) is 9.59 Å². The van der Waals surface area contributed by atoms with Crippen LogP contribution in [0.2, 0.25) is 0 Å². The summed E-state index contributed by atoms with van der Waals surface area (Å²) < 4.78 is 5.51. The third-order valence-electron chi connectivity index (χ3n) is 7.42. The number of rotatable bonds is 10. The van der Waals surface area contributed by atoms with E-state index in [2.05, 4.69) is 17.4 Å². The average Bonchev–Trinajstić information content (AvgIpc) is 3.70. The van der Waals surface area contributed by atoms with Crippen molar-refractivity contribution in [1.29, 1.82) is 0 Å². The van der Waals surface area contributed by atoms with Crippen LogP contribution in [0, 0.1) is 6.92 Å². The van der Waals surface area contributed by atoms with Crippen molar-refractivity contribution < 1.29 is 14.0 Å². The summed E-state index contributed by atoms with van der Waals surface area (Å²) in [5.41, 5.74) is 4.64. The number of nitrogens with one attached hydrogen (secondary N) is 1. The van der Waals surface area contributed by atoms with Crippen LogP contribution >= 0.6 is 11.3 Å². The van der Waals surface area contributed by atoms with Crippen LogP contribution in [0.3, 0.4) is 0 Å². The number of carbonyl (C=O) groups is 2. The lowest BCUT2D eigenvalue weighted by atomic mass is 10.0. The largest absolute Gasteiger partial charge is 0.464 e. The molecule has 43 heavy (non-hydrogen) atoms. The van der Waals surface area contributed by atoms with Crippen molar-refractivity contribution in [1.82, 2.24) is 15.2 Å². The number of benzene rings is 4. The first kappa shape index (κ1) is 28.1. The molecule has 6 nitrogen and oxygen atoms in total. The maximum atomic E-state index is 14.6. The van der Waals surface area contributed by atoms with Gasteiger partial charge in [-0.2, -0.15) is 0 Å². The van der Waals surface area contributed by atoms with E-state index in [9.17, 15) is 9.59 Å². The van der Waals surface area contributed by atoms with Crippen LogP contribution in [-0.4, -0.2) is 34.3 Å². The van der Waals surface area contributed by atoms with Crippen LogP contribution in [0.15, 0.2) is 126 Å². The summed E-state index contributed by atoms with van der Waals surface area (Å²) in [7, 11) is 0. The lowest BCUT2D eigenvalue weighted by Crippen LogP contribution is -2.48. The molecular weight excluding hydrogens is 554 g/mol. The second-order valence-corrected chi connectivity index (χ2v) is 11.6. The Kier molecular flexibility index (Phi) is 8.42. The molecule has 0 spiro atoms. The predicted molar refractivity (Wildman–Crippen MR) is 171 cm³/mol. The first-order chi connectivity index (χ1) is 21.1. The molecular formula is C36H31N3O3S. The summed E-state index contributed by atoms with van der Waals surface area (Å²) >= 11 is 1.52. The summed E-state index contributed by atoms with van der Waals surface area (Å²) in [5, 5.41) is 4.71. The van der Waals surface area contributed by atoms with Crippen LogP contribution in [0.4, 0.5) is 0 Å². The van der Waals surface area contributed by atoms with Gasteiger partial charge in [0.1, 0.15) is 11.3 Å². The number of hydrogen-bond donors (Lipinski definition) is 1. The molecule has 1 N–H and O–H groups in total. The molecule has 0 fully saturated rings. The smallest absolute Gasteiger partial charge is 0.274 e. The molecule has 4 aromatic carbocycles. The van der Waals surface area contributed by atoms with Crippen LogP contribution in [0.25, 0.3) is 21.4 Å². The topological polar surface area (TPSA) is 75.4 Å². The zero-order valence-electron chi connectivity index (χ0n) is 23.8. The second kappa shape index (κ2) is 12.9. The maximum absolute atomic E-state index is 14.6. The zero-order valence-corrected chi connectivity index (χ0v) is 24.6. The van der Waals surface area contributed by atoms with Crippen LogP contribution in [-0.2, 0) is 13.0 Å². The lowest BCUT2D eigenvalue weighted by molar-refractivity contribution is 0.0643. The third-order valence-corrected chi connectivity index (χ3v) is 8.44. The number of carbonyl (C=O) groups excluding carboxylic acids is 2. The van der Waals surface area contributed by atoms with Crippen molar-refractivity contribution in [2.75, 3.05) is 6.54 Å². The molecule has 0 aliphatic rings. The summed E-state index contributed by atoms with van der Waals surface area (Å²) in [6.45, 7) is 2.55. The van der Waals surface area contributed by atoms with Crippen molar-refractivity contribution in [3.8, 4) is 10.4 Å². The number of hydrogen-bond acceptors (Lipinski definition) is 5. The number of thiazole rings is 1. The van der Waals surface area contributed by atoms with E-state index in [-0.39, 0.29) is 24.4 Å². The molecule has 6 aromatic rings. The van der Waals surface area contributed by atoms with E-state index in [0.29, 0.717) is 29.8 Å². The highest BCUT2D eigenvalue weighted by Gasteiger charge is 2.30. The minimum absolute atomic E-state index is 0.167. The Hall–Kier alpha value is -5.01. The minimum Gasteiger partial charge on any atom is -0.464 e. The molecule has 2 aromatic heterocycles. The Morgan fingerprint density at radius 3 is 2.23 bits per heavy atom. The average molecular weight is 586 g/mol. The Morgan fingerprint density at radius 2 is 1.51 bits per heavy atom. The van der Waals surface area contributed by atoms with Gasteiger partial charge >= 0.3 is 0 Å². The molecule has 214 valence electrons. The number of amides is 2. The summed E-state index contributed by atoms with van der Waals surface area (Å²) in [6, 6.07) is 36.8. The predicted octanol–water partition coefficient (Wildman–Crippen LogP) is 7.55. The van der Waals surface area contributed by atoms with Gasteiger partial charge in [0.2, 0.25) is 0 Å². The lowest BCUT2D eigenvalue weighted by Gasteiger charge is -2.32. The van der Waals surface area contributed by atoms with Crippen LogP contribution in [0.5, 0.6) is 0 Å². The van der Waals surface area contributed by atoms with E-state index in [4.69, 9.17) is 9.40 Å². The normalized spacial score (nSPS) is 11.7. The molecule has 0 aliphatic carbocycles. The van der Waals surface area contributed by atoms with Crippen LogP contribution in [0.1, 0.15) is 37.0 Å². The van der Waals surface area contributed by atoms with Crippen molar-refractivity contribution >= 4 is 34.1 Å². The quantitative estimate of drug-likeness (QED) is 0.180. The third kappa shape index (κ3) is 6.42. The summed E-state index contributed by atoms with van der Waals surface area (Å²) in [5.74, 6) is -0.383. The molecule has 2 heterocycles. The number of furan rings is 1. The molecule has 0 aliphatic heterocycles. The standard InChI is InChI=1S/C36H31N3O3S/c1-25-38-33(34(43-25)28-16-9-4-10-17-28)36(41)39(24-27-14-7-3-8-15-27)29(22-26-12-5-2-6-13-26)23-37-35(40)31-18-11-19-32-30(31)20-21-42-32/h2-21,29H,22-24H2,1H3,(H,37,40)/t29-/m0/s1. The van der Waals surface area contributed by atoms with Crippen LogP contribution < -0.4 is 5.32 Å². The second-order valence-electron chi connectivity index (χ2n) is 10.4. The fourth-order valence-corrected chi connectivity index (χ4v) is 6.23. The number of nitrogens with zero attached hydrogens (tertiary/aromatic N) is 2. The number of fused-ring (bicyclic) bond motifs is 1. The fraction of sp³-hybridized carbons (Fsp3) is 0.139. The van der Waals surface area contributed by atoms with E-state index in [0.717, 1.165) is 32.0 Å². The SMILES string of the molecule is Cc1nc(C(=O)N(Cc2ccccc2)[C@H](CNC(=O)c2cccc3occc23)Cc2ccccc2)c(-c2ccccc2)s1. The molecule has 0 saturated carbocycles. The fourth-order valence-electron chi connectivity index (χ4n) is 5.32. The molecule has 2 amide bonds. The highest BCUT2D eigenvalue weighted by molar-refractivity contribution is 7.15. The van der Waals surface area contributed by atoms with Crippen molar-refractivity contribution in [2.45, 2.75) is 25.9 Å². The van der Waals surface area contributed by atoms with E-state index < -0.39 is 0 Å². The van der Waals surface area contributed by atoms with E-state index in [1.54, 1.807) is 18.4 Å². The van der Waals surface area contributed by atoms with Gasteiger partial charge in [0, 0.05) is 18.5 Å². The first-order valence-corrected chi connectivity index (χ1v) is 15.0. The van der Waals surface area contributed by atoms with Crippen molar-refractivity contribution in [3.63, 3.8) is 0 Å².